The first-order valence-corrected chi connectivity index (χ1v) is 8.70. The summed E-state index contributed by atoms with van der Waals surface area (Å²) >= 11 is 1.51. The van der Waals surface area contributed by atoms with Gasteiger partial charge in [0.05, 0.1) is 17.9 Å². The topological polar surface area (TPSA) is 91.8 Å². The third-order valence-electron chi connectivity index (χ3n) is 3.64. The van der Waals surface area contributed by atoms with Gasteiger partial charge in [-0.1, -0.05) is 37.7 Å². The van der Waals surface area contributed by atoms with Gasteiger partial charge in [-0.25, -0.2) is 4.68 Å². The second kappa shape index (κ2) is 6.56. The fourth-order valence-corrected chi connectivity index (χ4v) is 3.12. The monoisotopic (exact) mass is 338 g/mol. The molecule has 2 aromatic heterocycles. The van der Waals surface area contributed by atoms with Crippen LogP contribution in [0.3, 0.4) is 0 Å². The van der Waals surface area contributed by atoms with E-state index in [1.54, 1.807) is 4.68 Å². The van der Waals surface area contributed by atoms with Crippen LogP contribution in [0, 0.1) is 0 Å². The van der Waals surface area contributed by atoms with Gasteiger partial charge in [0.1, 0.15) is 0 Å². The molecule has 0 aromatic carbocycles. The number of tetrazole rings is 1. The van der Waals surface area contributed by atoms with E-state index in [2.05, 4.69) is 46.4 Å². The van der Waals surface area contributed by atoms with E-state index in [0.29, 0.717) is 18.3 Å². The first-order chi connectivity index (χ1) is 10.9. The third kappa shape index (κ3) is 3.89. The highest BCUT2D eigenvalue weighted by molar-refractivity contribution is 7.99. The minimum atomic E-state index is -0.131. The van der Waals surface area contributed by atoms with Crippen molar-refractivity contribution in [2.24, 2.45) is 0 Å². The van der Waals surface area contributed by atoms with E-state index in [-0.39, 0.29) is 16.8 Å². The molecule has 0 amide bonds. The van der Waals surface area contributed by atoms with Crippen molar-refractivity contribution in [3.05, 3.63) is 11.7 Å². The van der Waals surface area contributed by atoms with Crippen LogP contribution in [0.25, 0.3) is 0 Å². The van der Waals surface area contributed by atoms with Gasteiger partial charge >= 0.3 is 0 Å². The Morgan fingerprint density at radius 3 is 2.87 bits per heavy atom. The van der Waals surface area contributed by atoms with E-state index in [1.165, 1.54) is 11.8 Å². The summed E-state index contributed by atoms with van der Waals surface area (Å²) in [5, 5.41) is 16.7. The van der Waals surface area contributed by atoms with Crippen molar-refractivity contribution in [2.45, 2.75) is 69.0 Å². The molecular formula is C14H22N6O2S. The van der Waals surface area contributed by atoms with E-state index < -0.39 is 0 Å². The molecule has 0 bridgehead atoms. The summed E-state index contributed by atoms with van der Waals surface area (Å²) in [5.74, 6) is 1.30. The lowest BCUT2D eigenvalue weighted by molar-refractivity contribution is 0.0911. The summed E-state index contributed by atoms with van der Waals surface area (Å²) in [6.45, 7) is 9.68. The van der Waals surface area contributed by atoms with Gasteiger partial charge in [-0.3, -0.25) is 0 Å². The highest BCUT2D eigenvalue weighted by Crippen LogP contribution is 2.33. The number of nitrogens with zero attached hydrogens (tertiary/aromatic N) is 6. The Kier molecular flexibility index (Phi) is 4.67. The molecule has 0 aliphatic carbocycles. The summed E-state index contributed by atoms with van der Waals surface area (Å²) in [6.07, 6.45) is 2.35. The molecule has 3 rings (SSSR count). The zero-order valence-corrected chi connectivity index (χ0v) is 14.7. The van der Waals surface area contributed by atoms with Gasteiger partial charge in [-0.2, -0.15) is 4.98 Å². The van der Waals surface area contributed by atoms with Gasteiger partial charge < -0.3 is 9.26 Å². The summed E-state index contributed by atoms with van der Waals surface area (Å²) in [7, 11) is 0. The van der Waals surface area contributed by atoms with E-state index in [9.17, 15) is 0 Å². The predicted molar refractivity (Wildman–Crippen MR) is 84.1 cm³/mol. The van der Waals surface area contributed by atoms with Crippen LogP contribution in [-0.2, 0) is 16.7 Å². The van der Waals surface area contributed by atoms with Gasteiger partial charge in [-0.05, 0) is 30.2 Å². The molecule has 1 saturated heterocycles. The fourth-order valence-electron chi connectivity index (χ4n) is 2.29. The quantitative estimate of drug-likeness (QED) is 0.767. The van der Waals surface area contributed by atoms with Crippen LogP contribution in [-0.4, -0.2) is 43.1 Å². The molecule has 3 heterocycles. The first kappa shape index (κ1) is 16.4. The van der Waals surface area contributed by atoms with Crippen molar-refractivity contribution in [1.29, 1.82) is 0 Å². The van der Waals surface area contributed by atoms with Gasteiger partial charge in [-0.15, -0.1) is 5.10 Å². The molecule has 2 aromatic rings. The van der Waals surface area contributed by atoms with Crippen LogP contribution >= 0.6 is 11.8 Å². The summed E-state index contributed by atoms with van der Waals surface area (Å²) < 4.78 is 12.8. The Labute approximate surface area is 139 Å². The molecule has 9 heteroatoms. The van der Waals surface area contributed by atoms with Crippen molar-refractivity contribution in [3.8, 4) is 0 Å². The largest absolute Gasteiger partial charge is 0.376 e. The van der Waals surface area contributed by atoms with Crippen molar-refractivity contribution in [1.82, 2.24) is 30.3 Å². The van der Waals surface area contributed by atoms with E-state index in [4.69, 9.17) is 9.26 Å². The van der Waals surface area contributed by atoms with Gasteiger partial charge in [0.25, 0.3) is 0 Å². The predicted octanol–water partition coefficient (Wildman–Crippen LogP) is 2.39. The molecule has 8 nitrogen and oxygen atoms in total. The van der Waals surface area contributed by atoms with Gasteiger partial charge in [0.15, 0.2) is 5.82 Å². The Morgan fingerprint density at radius 1 is 1.39 bits per heavy atom. The molecule has 0 N–H and O–H groups in total. The van der Waals surface area contributed by atoms with Crippen LogP contribution in [0.1, 0.15) is 57.5 Å². The van der Waals surface area contributed by atoms with Gasteiger partial charge in [0, 0.05) is 12.0 Å². The van der Waals surface area contributed by atoms with Crippen LogP contribution in [0.4, 0.5) is 0 Å². The van der Waals surface area contributed by atoms with E-state index in [0.717, 1.165) is 24.6 Å². The SMILES string of the molecule is C[C@@H](Sc1nnnn1C[C@@H]1CCCO1)c1nc(C(C)(C)C)no1. The molecular weight excluding hydrogens is 316 g/mol. The average molecular weight is 338 g/mol. The zero-order chi connectivity index (χ0) is 16.4. The highest BCUT2D eigenvalue weighted by Gasteiger charge is 2.25. The highest BCUT2D eigenvalue weighted by atomic mass is 32.2. The van der Waals surface area contributed by atoms with E-state index >= 15 is 0 Å². The normalized spacial score (nSPS) is 20.1. The Morgan fingerprint density at radius 2 is 2.22 bits per heavy atom. The van der Waals surface area contributed by atoms with Crippen molar-refractivity contribution < 1.29 is 9.26 Å². The lowest BCUT2D eigenvalue weighted by Crippen LogP contribution is -2.17. The maximum absolute atomic E-state index is 5.65. The maximum Gasteiger partial charge on any atom is 0.239 e. The van der Waals surface area contributed by atoms with Crippen LogP contribution in [0.15, 0.2) is 9.68 Å². The Bertz CT molecular complexity index is 644. The standard InChI is InChI=1S/C14H22N6O2S/c1-9(11-15-12(17-22-11)14(2,3)4)23-13-16-18-19-20(13)8-10-6-5-7-21-10/h9-10H,5-8H2,1-4H3/t9-,10+/m1/s1. The number of rotatable bonds is 5. The number of ether oxygens (including phenoxy) is 1. The molecule has 0 saturated carbocycles. The average Bonchev–Trinajstić information content (AvgIpc) is 3.20. The first-order valence-electron chi connectivity index (χ1n) is 7.82. The van der Waals surface area contributed by atoms with Gasteiger partial charge in [0.2, 0.25) is 11.0 Å². The zero-order valence-electron chi connectivity index (χ0n) is 13.9. The molecule has 126 valence electrons. The number of aromatic nitrogens is 6. The maximum atomic E-state index is 5.65. The minimum absolute atomic E-state index is 0.0205. The molecule has 1 aliphatic rings. The minimum Gasteiger partial charge on any atom is -0.376 e. The lowest BCUT2D eigenvalue weighted by atomic mass is 9.96. The summed E-state index contributed by atoms with van der Waals surface area (Å²) in [4.78, 5) is 4.49. The molecule has 1 aliphatic heterocycles. The molecule has 23 heavy (non-hydrogen) atoms. The lowest BCUT2D eigenvalue weighted by Gasteiger charge is -2.12. The molecule has 0 radical (unpaired) electrons. The van der Waals surface area contributed by atoms with Crippen molar-refractivity contribution >= 4 is 11.8 Å². The van der Waals surface area contributed by atoms with Crippen LogP contribution < -0.4 is 0 Å². The molecule has 0 spiro atoms. The second-order valence-corrected chi connectivity index (χ2v) is 8.05. The number of hydrogen-bond acceptors (Lipinski definition) is 8. The second-order valence-electron chi connectivity index (χ2n) is 6.74. The Balaban J connectivity index is 1.67. The Hall–Kier alpha value is -1.48. The van der Waals surface area contributed by atoms with E-state index in [1.807, 2.05) is 6.92 Å². The smallest absolute Gasteiger partial charge is 0.239 e. The number of hydrogen-bond donors (Lipinski definition) is 0. The van der Waals surface area contributed by atoms with Crippen molar-refractivity contribution in [2.75, 3.05) is 6.61 Å². The molecule has 2 atom stereocenters. The summed E-state index contributed by atoms with van der Waals surface area (Å²) in [5.41, 5.74) is -0.131. The molecule has 0 unspecified atom stereocenters. The van der Waals surface area contributed by atoms with Crippen molar-refractivity contribution in [3.63, 3.8) is 0 Å². The van der Waals surface area contributed by atoms with Crippen LogP contribution in [0.5, 0.6) is 0 Å². The van der Waals surface area contributed by atoms with Crippen LogP contribution in [0.2, 0.25) is 0 Å². The fraction of sp³-hybridized carbons (Fsp3) is 0.786. The molecule has 1 fully saturated rings. The third-order valence-corrected chi connectivity index (χ3v) is 4.70. The summed E-state index contributed by atoms with van der Waals surface area (Å²) in [6, 6.07) is 0. The number of thioether (sulfide) groups is 1.